The standard InChI is InChI=1S/C13H19BrN2/c1-10-3-4-11(13(14)7-10)8-16-6-5-12(9-16)15-2/h3-4,7,12,15H,5-6,8-9H2,1-2H3. The van der Waals surface area contributed by atoms with Crippen molar-refractivity contribution < 1.29 is 0 Å². The normalized spacial score (nSPS) is 21.6. The van der Waals surface area contributed by atoms with Crippen LogP contribution < -0.4 is 5.32 Å². The molecule has 1 aromatic rings. The Morgan fingerprint density at radius 2 is 2.31 bits per heavy atom. The fourth-order valence-electron chi connectivity index (χ4n) is 2.23. The van der Waals surface area contributed by atoms with Crippen molar-refractivity contribution in [3.05, 3.63) is 33.8 Å². The highest BCUT2D eigenvalue weighted by Crippen LogP contribution is 2.21. The van der Waals surface area contributed by atoms with Gasteiger partial charge in [0, 0.05) is 30.1 Å². The zero-order valence-corrected chi connectivity index (χ0v) is 11.5. The number of nitrogens with one attached hydrogen (secondary N) is 1. The lowest BCUT2D eigenvalue weighted by molar-refractivity contribution is 0.322. The van der Waals surface area contributed by atoms with E-state index >= 15 is 0 Å². The van der Waals surface area contributed by atoms with Crippen LogP contribution in [0.4, 0.5) is 0 Å². The van der Waals surface area contributed by atoms with Crippen molar-refractivity contribution in [2.75, 3.05) is 20.1 Å². The Bertz CT molecular complexity index is 365. The largest absolute Gasteiger partial charge is 0.316 e. The van der Waals surface area contributed by atoms with Crippen LogP contribution in [0.3, 0.4) is 0 Å². The molecule has 0 bridgehead atoms. The summed E-state index contributed by atoms with van der Waals surface area (Å²) in [6, 6.07) is 7.28. The molecule has 2 nitrogen and oxygen atoms in total. The van der Waals surface area contributed by atoms with Gasteiger partial charge in [0.1, 0.15) is 0 Å². The van der Waals surface area contributed by atoms with Gasteiger partial charge in [0.25, 0.3) is 0 Å². The molecule has 1 unspecified atom stereocenters. The van der Waals surface area contributed by atoms with Gasteiger partial charge in [-0.25, -0.2) is 0 Å². The Hall–Kier alpha value is -0.380. The van der Waals surface area contributed by atoms with Crippen LogP contribution in [0.2, 0.25) is 0 Å². The third-order valence-corrected chi connectivity index (χ3v) is 4.02. The van der Waals surface area contributed by atoms with Crippen molar-refractivity contribution in [1.29, 1.82) is 0 Å². The number of likely N-dealkylation sites (N-methyl/N-ethyl adjacent to an activating group) is 1. The predicted octanol–water partition coefficient (Wildman–Crippen LogP) is 2.55. The van der Waals surface area contributed by atoms with Crippen LogP contribution in [0, 0.1) is 6.92 Å². The van der Waals surface area contributed by atoms with Gasteiger partial charge >= 0.3 is 0 Å². The number of aryl methyl sites for hydroxylation is 1. The zero-order chi connectivity index (χ0) is 11.5. The molecule has 1 aromatic carbocycles. The molecule has 1 saturated heterocycles. The number of halogens is 1. The van der Waals surface area contributed by atoms with E-state index < -0.39 is 0 Å². The van der Waals surface area contributed by atoms with Gasteiger partial charge in [-0.1, -0.05) is 28.1 Å². The first kappa shape index (κ1) is 12.1. The predicted molar refractivity (Wildman–Crippen MR) is 71.6 cm³/mol. The van der Waals surface area contributed by atoms with Crippen LogP contribution in [0.15, 0.2) is 22.7 Å². The molecule has 0 radical (unpaired) electrons. The molecule has 0 spiro atoms. The minimum absolute atomic E-state index is 0.671. The Kier molecular flexibility index (Phi) is 4.00. The molecule has 1 N–H and O–H groups in total. The van der Waals surface area contributed by atoms with E-state index in [0.717, 1.165) is 13.1 Å². The van der Waals surface area contributed by atoms with E-state index in [1.54, 1.807) is 0 Å². The summed E-state index contributed by atoms with van der Waals surface area (Å²) in [5.41, 5.74) is 2.70. The van der Waals surface area contributed by atoms with Crippen molar-refractivity contribution in [2.24, 2.45) is 0 Å². The molecule has 0 amide bonds. The quantitative estimate of drug-likeness (QED) is 0.917. The number of likely N-dealkylation sites (tertiary alicyclic amines) is 1. The minimum atomic E-state index is 0.671. The number of nitrogens with zero attached hydrogens (tertiary/aromatic N) is 1. The summed E-state index contributed by atoms with van der Waals surface area (Å²) in [7, 11) is 2.05. The van der Waals surface area contributed by atoms with Crippen LogP contribution in [0.25, 0.3) is 0 Å². The first-order valence-electron chi connectivity index (χ1n) is 5.83. The van der Waals surface area contributed by atoms with Gasteiger partial charge in [0.2, 0.25) is 0 Å². The lowest BCUT2D eigenvalue weighted by Crippen LogP contribution is -2.29. The smallest absolute Gasteiger partial charge is 0.0245 e. The third-order valence-electron chi connectivity index (χ3n) is 3.28. The molecule has 0 saturated carbocycles. The SMILES string of the molecule is CNC1CCN(Cc2ccc(C)cc2Br)C1. The lowest BCUT2D eigenvalue weighted by atomic mass is 10.1. The number of hydrogen-bond donors (Lipinski definition) is 1. The molecule has 3 heteroatoms. The van der Waals surface area contributed by atoms with E-state index in [2.05, 4.69) is 58.3 Å². The first-order valence-corrected chi connectivity index (χ1v) is 6.63. The summed E-state index contributed by atoms with van der Waals surface area (Å²) in [5, 5.41) is 3.35. The average molecular weight is 283 g/mol. The second-order valence-corrected chi connectivity index (χ2v) is 5.46. The molecule has 1 atom stereocenters. The fraction of sp³-hybridized carbons (Fsp3) is 0.538. The summed E-state index contributed by atoms with van der Waals surface area (Å²) in [6.45, 7) is 5.54. The Morgan fingerprint density at radius 3 is 2.94 bits per heavy atom. The van der Waals surface area contributed by atoms with Gasteiger partial charge in [-0.3, -0.25) is 4.90 Å². The van der Waals surface area contributed by atoms with Gasteiger partial charge in [0.05, 0.1) is 0 Å². The topological polar surface area (TPSA) is 15.3 Å². The molecule has 0 aliphatic carbocycles. The second kappa shape index (κ2) is 5.30. The molecule has 88 valence electrons. The van der Waals surface area contributed by atoms with Crippen molar-refractivity contribution in [2.45, 2.75) is 25.9 Å². The van der Waals surface area contributed by atoms with Crippen molar-refractivity contribution >= 4 is 15.9 Å². The van der Waals surface area contributed by atoms with E-state index in [-0.39, 0.29) is 0 Å². The summed E-state index contributed by atoms with van der Waals surface area (Å²) >= 11 is 3.64. The van der Waals surface area contributed by atoms with E-state index in [9.17, 15) is 0 Å². The van der Waals surface area contributed by atoms with Crippen LogP contribution in [-0.2, 0) is 6.54 Å². The maximum Gasteiger partial charge on any atom is 0.0245 e. The molecule has 0 aromatic heterocycles. The maximum atomic E-state index is 3.64. The highest BCUT2D eigenvalue weighted by atomic mass is 79.9. The summed E-state index contributed by atoms with van der Waals surface area (Å²) in [4.78, 5) is 2.51. The molecule has 1 aliphatic heterocycles. The van der Waals surface area contributed by atoms with Crippen LogP contribution >= 0.6 is 15.9 Å². The summed E-state index contributed by atoms with van der Waals surface area (Å²) in [5.74, 6) is 0. The molecular formula is C13H19BrN2. The highest BCUT2D eigenvalue weighted by Gasteiger charge is 2.21. The number of rotatable bonds is 3. The lowest BCUT2D eigenvalue weighted by Gasteiger charge is -2.17. The first-order chi connectivity index (χ1) is 7.69. The van der Waals surface area contributed by atoms with E-state index in [1.807, 2.05) is 0 Å². The fourth-order valence-corrected chi connectivity index (χ4v) is 2.85. The molecule has 1 fully saturated rings. The maximum absolute atomic E-state index is 3.64. The molecular weight excluding hydrogens is 264 g/mol. The monoisotopic (exact) mass is 282 g/mol. The number of hydrogen-bond acceptors (Lipinski definition) is 2. The summed E-state index contributed by atoms with van der Waals surface area (Å²) in [6.07, 6.45) is 1.26. The summed E-state index contributed by atoms with van der Waals surface area (Å²) < 4.78 is 1.24. The molecule has 1 heterocycles. The molecule has 2 rings (SSSR count). The van der Waals surface area contributed by atoms with Crippen LogP contribution in [-0.4, -0.2) is 31.1 Å². The van der Waals surface area contributed by atoms with E-state index in [4.69, 9.17) is 0 Å². The van der Waals surface area contributed by atoms with Crippen LogP contribution in [0.1, 0.15) is 17.5 Å². The number of benzene rings is 1. The third kappa shape index (κ3) is 2.84. The van der Waals surface area contributed by atoms with Crippen LogP contribution in [0.5, 0.6) is 0 Å². The highest BCUT2D eigenvalue weighted by molar-refractivity contribution is 9.10. The zero-order valence-electron chi connectivity index (χ0n) is 9.96. The van der Waals surface area contributed by atoms with Gasteiger partial charge in [0.15, 0.2) is 0 Å². The van der Waals surface area contributed by atoms with E-state index in [0.29, 0.717) is 6.04 Å². The Balaban J connectivity index is 1.99. The Morgan fingerprint density at radius 1 is 1.50 bits per heavy atom. The minimum Gasteiger partial charge on any atom is -0.316 e. The van der Waals surface area contributed by atoms with Crippen molar-refractivity contribution in [3.8, 4) is 0 Å². The van der Waals surface area contributed by atoms with Crippen molar-refractivity contribution in [3.63, 3.8) is 0 Å². The second-order valence-electron chi connectivity index (χ2n) is 4.60. The van der Waals surface area contributed by atoms with Gasteiger partial charge in [-0.05, 0) is 37.6 Å². The average Bonchev–Trinajstić information content (AvgIpc) is 2.70. The Labute approximate surface area is 106 Å². The van der Waals surface area contributed by atoms with Gasteiger partial charge < -0.3 is 5.32 Å². The van der Waals surface area contributed by atoms with Gasteiger partial charge in [-0.2, -0.15) is 0 Å². The van der Waals surface area contributed by atoms with E-state index in [1.165, 1.54) is 28.6 Å². The van der Waals surface area contributed by atoms with Crippen molar-refractivity contribution in [1.82, 2.24) is 10.2 Å². The molecule has 1 aliphatic rings. The van der Waals surface area contributed by atoms with Gasteiger partial charge in [-0.15, -0.1) is 0 Å². The molecule has 16 heavy (non-hydrogen) atoms.